The highest BCUT2D eigenvalue weighted by Gasteiger charge is 2.31. The number of carbonyl (C=O) groups excluding carboxylic acids is 2. The molecule has 3 atom stereocenters. The molecule has 2 rings (SSSR count). The minimum absolute atomic E-state index is 0.153. The van der Waals surface area contributed by atoms with Gasteiger partial charge in [-0.15, -0.1) is 18.2 Å². The van der Waals surface area contributed by atoms with Crippen LogP contribution in [0.5, 0.6) is 5.75 Å². The summed E-state index contributed by atoms with van der Waals surface area (Å²) in [4.78, 5) is 24.7. The van der Waals surface area contributed by atoms with E-state index in [1.807, 2.05) is 31.2 Å². The van der Waals surface area contributed by atoms with E-state index in [0.29, 0.717) is 39.5 Å². The molecule has 3 amide bonds. The van der Waals surface area contributed by atoms with Gasteiger partial charge in [0.2, 0.25) is 5.91 Å². The fourth-order valence-corrected chi connectivity index (χ4v) is 4.19. The molecule has 1 aromatic carbocycles. The molecule has 1 aliphatic rings. The molecule has 0 radical (unpaired) electrons. The van der Waals surface area contributed by atoms with Gasteiger partial charge in [0.05, 0.1) is 45.5 Å². The molecule has 1 aromatic rings. The molecule has 33 heavy (non-hydrogen) atoms. The monoisotopic (exact) mass is 479 g/mol. The SMILES string of the molecule is C#CCOCCOCCOC[C@H](SC1NC(=O)NCC1C)C(=O)NCc1ccc(OC)cc1. The predicted octanol–water partition coefficient (Wildman–Crippen LogP) is 1.37. The van der Waals surface area contributed by atoms with Crippen LogP contribution in [-0.4, -0.2) is 75.9 Å². The second-order valence-electron chi connectivity index (χ2n) is 7.39. The van der Waals surface area contributed by atoms with E-state index in [0.717, 1.165) is 11.3 Å². The van der Waals surface area contributed by atoms with E-state index in [4.69, 9.17) is 25.4 Å². The first kappa shape index (κ1) is 26.8. The van der Waals surface area contributed by atoms with E-state index in [1.54, 1.807) is 7.11 Å². The Bertz CT molecular complexity index is 770. The van der Waals surface area contributed by atoms with Crippen molar-refractivity contribution in [3.63, 3.8) is 0 Å². The third kappa shape index (κ3) is 10.4. The van der Waals surface area contributed by atoms with Crippen molar-refractivity contribution in [2.75, 3.05) is 53.3 Å². The smallest absolute Gasteiger partial charge is 0.315 e. The van der Waals surface area contributed by atoms with Crippen LogP contribution < -0.4 is 20.7 Å². The third-order valence-electron chi connectivity index (χ3n) is 4.80. The number of benzene rings is 1. The highest BCUT2D eigenvalue weighted by molar-refractivity contribution is 8.01. The summed E-state index contributed by atoms with van der Waals surface area (Å²) in [5, 5.41) is 7.92. The molecule has 1 aliphatic heterocycles. The van der Waals surface area contributed by atoms with Crippen LogP contribution in [0.2, 0.25) is 0 Å². The fraction of sp³-hybridized carbons (Fsp3) is 0.565. The molecule has 1 fully saturated rings. The average molecular weight is 480 g/mol. The van der Waals surface area contributed by atoms with Gasteiger partial charge >= 0.3 is 6.03 Å². The minimum atomic E-state index is -0.493. The van der Waals surface area contributed by atoms with Gasteiger partial charge in [-0.1, -0.05) is 25.0 Å². The topological polar surface area (TPSA) is 107 Å². The third-order valence-corrected chi connectivity index (χ3v) is 6.36. The Morgan fingerprint density at radius 2 is 1.91 bits per heavy atom. The van der Waals surface area contributed by atoms with Gasteiger partial charge in [-0.05, 0) is 17.7 Å². The Hall–Kier alpha value is -2.45. The minimum Gasteiger partial charge on any atom is -0.497 e. The number of methoxy groups -OCH3 is 1. The summed E-state index contributed by atoms with van der Waals surface area (Å²) in [7, 11) is 1.61. The number of terminal acetylenes is 1. The molecule has 0 aliphatic carbocycles. The number of hydrogen-bond donors (Lipinski definition) is 3. The lowest BCUT2D eigenvalue weighted by atomic mass is 10.1. The van der Waals surface area contributed by atoms with Gasteiger partial charge in [-0.25, -0.2) is 4.79 Å². The number of amides is 3. The zero-order valence-corrected chi connectivity index (χ0v) is 19.9. The zero-order valence-electron chi connectivity index (χ0n) is 19.1. The van der Waals surface area contributed by atoms with Crippen molar-refractivity contribution in [3.05, 3.63) is 29.8 Å². The van der Waals surface area contributed by atoms with Gasteiger partial charge in [0.1, 0.15) is 17.6 Å². The lowest BCUT2D eigenvalue weighted by Gasteiger charge is -2.32. The number of ether oxygens (including phenoxy) is 4. The van der Waals surface area contributed by atoms with Gasteiger partial charge in [0.15, 0.2) is 0 Å². The number of urea groups is 1. The molecule has 1 heterocycles. The van der Waals surface area contributed by atoms with Crippen molar-refractivity contribution in [3.8, 4) is 18.1 Å². The Kier molecular flexibility index (Phi) is 12.5. The summed E-state index contributed by atoms with van der Waals surface area (Å²) in [5.41, 5.74) is 0.956. The number of carbonyl (C=O) groups is 2. The maximum absolute atomic E-state index is 12.9. The van der Waals surface area contributed by atoms with E-state index in [1.165, 1.54) is 11.8 Å². The molecule has 2 unspecified atom stereocenters. The molecule has 0 saturated carbocycles. The van der Waals surface area contributed by atoms with E-state index in [9.17, 15) is 9.59 Å². The largest absolute Gasteiger partial charge is 0.497 e. The highest BCUT2D eigenvalue weighted by Crippen LogP contribution is 2.25. The number of nitrogens with one attached hydrogen (secondary N) is 3. The lowest BCUT2D eigenvalue weighted by Crippen LogP contribution is -2.54. The summed E-state index contributed by atoms with van der Waals surface area (Å²) in [6.07, 6.45) is 5.11. The fourth-order valence-electron chi connectivity index (χ4n) is 2.91. The average Bonchev–Trinajstić information content (AvgIpc) is 2.83. The number of rotatable bonds is 15. The summed E-state index contributed by atoms with van der Waals surface area (Å²) in [6, 6.07) is 7.26. The predicted molar refractivity (Wildman–Crippen MR) is 127 cm³/mol. The van der Waals surface area contributed by atoms with Crippen molar-refractivity contribution in [1.29, 1.82) is 0 Å². The second-order valence-corrected chi connectivity index (χ2v) is 8.74. The normalized spacial score (nSPS) is 18.5. The van der Waals surface area contributed by atoms with Gasteiger partial charge in [0, 0.05) is 19.0 Å². The Labute approximate surface area is 199 Å². The van der Waals surface area contributed by atoms with E-state index in [-0.39, 0.29) is 36.4 Å². The molecule has 0 bridgehead atoms. The first-order valence-electron chi connectivity index (χ1n) is 10.8. The molecule has 10 heteroatoms. The molecule has 182 valence electrons. The molecule has 0 aromatic heterocycles. The standard InChI is InChI=1S/C23H33N3O6S/c1-4-9-30-10-11-31-12-13-32-16-20(33-22-17(2)14-25-23(28)26-22)21(27)24-15-18-5-7-19(29-3)8-6-18/h1,5-8,17,20,22H,9-16H2,2-3H3,(H,24,27)(H2,25,26,28)/t17?,20-,22?/m0/s1. The molecular formula is C23H33N3O6S. The van der Waals surface area contributed by atoms with Crippen LogP contribution in [0.1, 0.15) is 12.5 Å². The van der Waals surface area contributed by atoms with Gasteiger partial charge in [0.25, 0.3) is 0 Å². The Balaban J connectivity index is 1.83. The second kappa shape index (κ2) is 15.4. The summed E-state index contributed by atoms with van der Waals surface area (Å²) >= 11 is 1.40. The summed E-state index contributed by atoms with van der Waals surface area (Å²) in [6.45, 7) is 4.98. The van der Waals surface area contributed by atoms with Crippen molar-refractivity contribution in [2.24, 2.45) is 5.92 Å². The van der Waals surface area contributed by atoms with Gasteiger partial charge in [-0.2, -0.15) is 0 Å². The van der Waals surface area contributed by atoms with Crippen molar-refractivity contribution >= 4 is 23.7 Å². The van der Waals surface area contributed by atoms with Crippen LogP contribution in [-0.2, 0) is 25.5 Å². The van der Waals surface area contributed by atoms with Gasteiger partial charge in [-0.3, -0.25) is 4.79 Å². The van der Waals surface area contributed by atoms with Crippen LogP contribution in [0.4, 0.5) is 4.79 Å². The van der Waals surface area contributed by atoms with Crippen LogP contribution in [0.3, 0.4) is 0 Å². The summed E-state index contributed by atoms with van der Waals surface area (Å²) < 4.78 is 21.4. The number of thioether (sulfide) groups is 1. The highest BCUT2D eigenvalue weighted by atomic mass is 32.2. The maximum atomic E-state index is 12.9. The number of hydrogen-bond acceptors (Lipinski definition) is 7. The van der Waals surface area contributed by atoms with Crippen LogP contribution in [0.25, 0.3) is 0 Å². The van der Waals surface area contributed by atoms with Gasteiger partial charge < -0.3 is 34.9 Å². The van der Waals surface area contributed by atoms with Crippen molar-refractivity contribution in [1.82, 2.24) is 16.0 Å². The maximum Gasteiger partial charge on any atom is 0.315 e. The first-order valence-corrected chi connectivity index (χ1v) is 11.7. The van der Waals surface area contributed by atoms with Crippen molar-refractivity contribution in [2.45, 2.75) is 24.1 Å². The van der Waals surface area contributed by atoms with E-state index in [2.05, 4.69) is 21.9 Å². The van der Waals surface area contributed by atoms with E-state index < -0.39 is 5.25 Å². The van der Waals surface area contributed by atoms with Crippen LogP contribution >= 0.6 is 11.8 Å². The molecule has 9 nitrogen and oxygen atoms in total. The van der Waals surface area contributed by atoms with E-state index >= 15 is 0 Å². The molecular weight excluding hydrogens is 446 g/mol. The van der Waals surface area contributed by atoms with Crippen LogP contribution in [0, 0.1) is 18.3 Å². The Morgan fingerprint density at radius 3 is 2.61 bits per heavy atom. The molecule has 1 saturated heterocycles. The summed E-state index contributed by atoms with van der Waals surface area (Å²) in [5.74, 6) is 3.15. The van der Waals surface area contributed by atoms with Crippen LogP contribution in [0.15, 0.2) is 24.3 Å². The lowest BCUT2D eigenvalue weighted by molar-refractivity contribution is -0.121. The quantitative estimate of drug-likeness (QED) is 0.258. The zero-order chi connectivity index (χ0) is 23.9. The molecule has 3 N–H and O–H groups in total. The van der Waals surface area contributed by atoms with Crippen molar-refractivity contribution < 1.29 is 28.5 Å². The first-order chi connectivity index (χ1) is 16.0. The Morgan fingerprint density at radius 1 is 1.21 bits per heavy atom. The molecule has 0 spiro atoms.